The van der Waals surface area contributed by atoms with Gasteiger partial charge in [-0.05, 0) is 41.4 Å². The highest BCUT2D eigenvalue weighted by molar-refractivity contribution is 5.77. The van der Waals surface area contributed by atoms with E-state index in [1.807, 2.05) is 49.7 Å². The summed E-state index contributed by atoms with van der Waals surface area (Å²) >= 11 is 0. The van der Waals surface area contributed by atoms with E-state index in [1.165, 1.54) is 5.56 Å². The first-order valence-electron chi connectivity index (χ1n) is 9.66. The fourth-order valence-electron chi connectivity index (χ4n) is 3.63. The molecule has 0 amide bonds. The number of rotatable bonds is 6. The van der Waals surface area contributed by atoms with Crippen LogP contribution in [0.5, 0.6) is 0 Å². The average Bonchev–Trinajstić information content (AvgIpc) is 2.89. The maximum atomic E-state index is 11.2. The zero-order chi connectivity index (χ0) is 19.3. The van der Waals surface area contributed by atoms with Crippen molar-refractivity contribution in [3.8, 4) is 11.1 Å². The van der Waals surface area contributed by atoms with Gasteiger partial charge in [0.15, 0.2) is 0 Å². The third-order valence-corrected chi connectivity index (χ3v) is 5.15. The number of hydrogen-bond acceptors (Lipinski definition) is 4. The van der Waals surface area contributed by atoms with E-state index < -0.39 is 6.10 Å². The van der Waals surface area contributed by atoms with Crippen molar-refractivity contribution in [1.29, 1.82) is 0 Å². The summed E-state index contributed by atoms with van der Waals surface area (Å²) in [6, 6.07) is 18.3. The van der Waals surface area contributed by atoms with E-state index in [0.717, 1.165) is 53.1 Å². The standard InChI is InChI=1S/C24H25N3O/c1-25-12-13-26-15-18-8-5-9-21-20(18)10-11-23-22(24(21)28)14-19(16-27-23)17-6-3-2-4-7-17/h2-11,14,16,24-26,28H,12-13,15H2,1H3. The molecule has 0 aliphatic heterocycles. The van der Waals surface area contributed by atoms with Crippen LogP contribution in [0.2, 0.25) is 0 Å². The third kappa shape index (κ3) is 3.76. The quantitative estimate of drug-likeness (QED) is 0.579. The Hall–Kier alpha value is -2.79. The van der Waals surface area contributed by atoms with Crippen molar-refractivity contribution in [2.45, 2.75) is 12.6 Å². The molecule has 142 valence electrons. The summed E-state index contributed by atoms with van der Waals surface area (Å²) in [5.41, 5.74) is 6.95. The molecular formula is C24H25N3O. The highest BCUT2D eigenvalue weighted by atomic mass is 16.3. The molecule has 28 heavy (non-hydrogen) atoms. The van der Waals surface area contributed by atoms with Crippen molar-refractivity contribution in [2.24, 2.45) is 0 Å². The van der Waals surface area contributed by atoms with E-state index in [0.29, 0.717) is 0 Å². The van der Waals surface area contributed by atoms with Gasteiger partial charge in [0.2, 0.25) is 0 Å². The lowest BCUT2D eigenvalue weighted by molar-refractivity contribution is 0.219. The predicted molar refractivity (Wildman–Crippen MR) is 115 cm³/mol. The third-order valence-electron chi connectivity index (χ3n) is 5.15. The molecule has 1 aliphatic rings. The van der Waals surface area contributed by atoms with E-state index in [-0.39, 0.29) is 0 Å². The molecule has 0 spiro atoms. The summed E-state index contributed by atoms with van der Waals surface area (Å²) in [7, 11) is 1.95. The van der Waals surface area contributed by atoms with Crippen molar-refractivity contribution in [1.82, 2.24) is 15.6 Å². The van der Waals surface area contributed by atoms with Gasteiger partial charge in [-0.25, -0.2) is 0 Å². The Bertz CT molecular complexity index is 982. The summed E-state index contributed by atoms with van der Waals surface area (Å²) < 4.78 is 0. The topological polar surface area (TPSA) is 57.2 Å². The normalized spacial score (nSPS) is 15.0. The van der Waals surface area contributed by atoms with Crippen LogP contribution in [-0.4, -0.2) is 30.2 Å². The summed E-state index contributed by atoms with van der Waals surface area (Å²) in [4.78, 5) is 4.63. The molecule has 1 aliphatic carbocycles. The Kier molecular flexibility index (Phi) is 5.63. The van der Waals surface area contributed by atoms with Gasteiger partial charge in [0.05, 0.1) is 5.69 Å². The Morgan fingerprint density at radius 1 is 0.929 bits per heavy atom. The molecule has 0 saturated carbocycles. The molecule has 0 radical (unpaired) electrons. The van der Waals surface area contributed by atoms with Gasteiger partial charge >= 0.3 is 0 Å². The molecular weight excluding hydrogens is 346 g/mol. The van der Waals surface area contributed by atoms with Crippen LogP contribution in [0.25, 0.3) is 23.3 Å². The molecule has 1 unspecified atom stereocenters. The van der Waals surface area contributed by atoms with Crippen LogP contribution in [0.3, 0.4) is 0 Å². The zero-order valence-electron chi connectivity index (χ0n) is 16.0. The monoisotopic (exact) mass is 371 g/mol. The molecule has 0 fully saturated rings. The molecule has 4 rings (SSSR count). The van der Waals surface area contributed by atoms with Gasteiger partial charge in [-0.1, -0.05) is 54.6 Å². The van der Waals surface area contributed by atoms with Crippen molar-refractivity contribution in [2.75, 3.05) is 20.1 Å². The second-order valence-electron chi connectivity index (χ2n) is 7.00. The number of aromatic nitrogens is 1. The Morgan fingerprint density at radius 2 is 1.79 bits per heavy atom. The summed E-state index contributed by atoms with van der Waals surface area (Å²) in [5.74, 6) is 0. The minimum Gasteiger partial charge on any atom is -0.384 e. The molecule has 3 N–H and O–H groups in total. The fraction of sp³-hybridized carbons (Fsp3) is 0.208. The van der Waals surface area contributed by atoms with E-state index in [2.05, 4.69) is 46.0 Å². The first kappa shape index (κ1) is 18.6. The zero-order valence-corrected chi connectivity index (χ0v) is 16.0. The van der Waals surface area contributed by atoms with E-state index in [1.54, 1.807) is 0 Å². The number of aliphatic hydroxyl groups is 1. The molecule has 1 heterocycles. The second kappa shape index (κ2) is 8.48. The van der Waals surface area contributed by atoms with E-state index in [4.69, 9.17) is 0 Å². The summed E-state index contributed by atoms with van der Waals surface area (Å²) in [6.07, 6.45) is 5.26. The molecule has 0 saturated heterocycles. The molecule has 2 aromatic carbocycles. The number of hydrogen-bond donors (Lipinski definition) is 3. The lowest BCUT2D eigenvalue weighted by Crippen LogP contribution is -2.24. The number of pyridine rings is 1. The van der Waals surface area contributed by atoms with Crippen LogP contribution < -0.4 is 10.6 Å². The first-order chi connectivity index (χ1) is 13.8. The number of fused-ring (bicyclic) bond motifs is 2. The van der Waals surface area contributed by atoms with Gasteiger partial charge < -0.3 is 15.7 Å². The Labute approximate surface area is 166 Å². The van der Waals surface area contributed by atoms with Crippen LogP contribution in [0.1, 0.15) is 34.1 Å². The van der Waals surface area contributed by atoms with Crippen molar-refractivity contribution in [3.63, 3.8) is 0 Å². The van der Waals surface area contributed by atoms with E-state index >= 15 is 0 Å². The fourth-order valence-corrected chi connectivity index (χ4v) is 3.63. The SMILES string of the molecule is CNCCNCc1cccc2c1C=Cc1ncc(-c3ccccc3)cc1C2O. The summed E-state index contributed by atoms with van der Waals surface area (Å²) in [6.45, 7) is 2.58. The number of aliphatic hydroxyl groups excluding tert-OH is 1. The predicted octanol–water partition coefficient (Wildman–Crippen LogP) is 3.62. The Morgan fingerprint density at radius 3 is 2.61 bits per heavy atom. The van der Waals surface area contributed by atoms with Gasteiger partial charge in [0, 0.05) is 37.0 Å². The van der Waals surface area contributed by atoms with Crippen LogP contribution >= 0.6 is 0 Å². The first-order valence-corrected chi connectivity index (χ1v) is 9.66. The van der Waals surface area contributed by atoms with Gasteiger partial charge in [0.1, 0.15) is 6.10 Å². The highest BCUT2D eigenvalue weighted by Crippen LogP contribution is 2.35. The minimum atomic E-state index is -0.701. The minimum absolute atomic E-state index is 0.701. The number of likely N-dealkylation sites (N-methyl/N-ethyl adjacent to an activating group) is 1. The molecule has 4 nitrogen and oxygen atoms in total. The lowest BCUT2D eigenvalue weighted by atomic mass is 9.93. The van der Waals surface area contributed by atoms with Crippen molar-refractivity contribution in [3.05, 3.63) is 88.7 Å². The maximum absolute atomic E-state index is 11.2. The molecule has 3 aromatic rings. The van der Waals surface area contributed by atoms with Crippen molar-refractivity contribution >= 4 is 12.2 Å². The molecule has 4 heteroatoms. The number of benzene rings is 2. The van der Waals surface area contributed by atoms with Crippen molar-refractivity contribution < 1.29 is 5.11 Å². The molecule has 1 aromatic heterocycles. The second-order valence-corrected chi connectivity index (χ2v) is 7.00. The molecule has 1 atom stereocenters. The largest absolute Gasteiger partial charge is 0.384 e. The number of nitrogens with one attached hydrogen (secondary N) is 2. The van der Waals surface area contributed by atoms with Gasteiger partial charge in [-0.2, -0.15) is 0 Å². The van der Waals surface area contributed by atoms with Crippen LogP contribution in [0.4, 0.5) is 0 Å². The summed E-state index contributed by atoms with van der Waals surface area (Å²) in [5, 5.41) is 17.8. The Balaban J connectivity index is 1.69. The lowest BCUT2D eigenvalue weighted by Gasteiger charge is -2.17. The average molecular weight is 371 g/mol. The maximum Gasteiger partial charge on any atom is 0.107 e. The highest BCUT2D eigenvalue weighted by Gasteiger charge is 2.22. The van der Waals surface area contributed by atoms with Crippen LogP contribution in [0, 0.1) is 0 Å². The van der Waals surface area contributed by atoms with Gasteiger partial charge in [-0.15, -0.1) is 0 Å². The van der Waals surface area contributed by atoms with Crippen LogP contribution in [0.15, 0.2) is 60.8 Å². The van der Waals surface area contributed by atoms with Gasteiger partial charge in [-0.3, -0.25) is 4.98 Å². The number of nitrogens with zero attached hydrogens (tertiary/aromatic N) is 1. The smallest absolute Gasteiger partial charge is 0.107 e. The van der Waals surface area contributed by atoms with Crippen LogP contribution in [-0.2, 0) is 6.54 Å². The molecule has 0 bridgehead atoms. The van der Waals surface area contributed by atoms with E-state index in [9.17, 15) is 5.11 Å². The van der Waals surface area contributed by atoms with Gasteiger partial charge in [0.25, 0.3) is 0 Å².